The molecule has 0 bridgehead atoms. The van der Waals surface area contributed by atoms with E-state index in [1.807, 2.05) is 56.3 Å². The summed E-state index contributed by atoms with van der Waals surface area (Å²) in [6, 6.07) is 18.1. The Morgan fingerprint density at radius 1 is 1.11 bits per heavy atom. The fourth-order valence-electron chi connectivity index (χ4n) is 3.65. The highest BCUT2D eigenvalue weighted by atomic mass is 35.5. The van der Waals surface area contributed by atoms with Crippen molar-refractivity contribution in [1.29, 1.82) is 0 Å². The molecule has 1 N–H and O–H groups in total. The summed E-state index contributed by atoms with van der Waals surface area (Å²) in [6.07, 6.45) is 1.76. The van der Waals surface area contributed by atoms with E-state index in [-0.39, 0.29) is 18.4 Å². The number of hydrogen-bond acceptors (Lipinski definition) is 7. The molecule has 0 atom stereocenters. The molecule has 1 saturated heterocycles. The second kappa shape index (κ2) is 11.9. The third-order valence-electron chi connectivity index (χ3n) is 5.72. The van der Waals surface area contributed by atoms with E-state index in [1.54, 1.807) is 36.4 Å². The third kappa shape index (κ3) is 6.30. The first-order valence-corrected chi connectivity index (χ1v) is 13.2. The standard InChI is InChI=1S/C28H26ClN3O4S2/c1-17-5-7-19(15-22(17)29)30-26(33)16-36-23-12-6-18(13-24(23)35-4)14-25-27(34)32(28(37)38-25)21-10-8-20(9-11-21)31(2)3/h5-15H,16H2,1-4H3,(H,30,33)/b25-14-. The summed E-state index contributed by atoms with van der Waals surface area (Å²) in [5.41, 5.74) is 3.99. The van der Waals surface area contributed by atoms with E-state index >= 15 is 0 Å². The van der Waals surface area contributed by atoms with Crippen LogP contribution in [0.2, 0.25) is 5.02 Å². The Bertz CT molecular complexity index is 1420. The number of nitrogens with zero attached hydrogens (tertiary/aromatic N) is 2. The van der Waals surface area contributed by atoms with Gasteiger partial charge >= 0.3 is 0 Å². The number of methoxy groups -OCH3 is 1. The second-order valence-corrected chi connectivity index (χ2v) is 10.7. The number of carbonyl (C=O) groups excluding carboxylic acids is 2. The van der Waals surface area contributed by atoms with E-state index in [0.717, 1.165) is 16.8 Å². The number of amides is 2. The summed E-state index contributed by atoms with van der Waals surface area (Å²) < 4.78 is 11.6. The lowest BCUT2D eigenvalue weighted by atomic mass is 10.1. The Morgan fingerprint density at radius 2 is 1.84 bits per heavy atom. The second-order valence-electron chi connectivity index (χ2n) is 8.64. The summed E-state index contributed by atoms with van der Waals surface area (Å²) in [4.78, 5) is 29.5. The summed E-state index contributed by atoms with van der Waals surface area (Å²) in [5, 5.41) is 3.32. The highest BCUT2D eigenvalue weighted by Gasteiger charge is 2.33. The molecule has 3 aromatic carbocycles. The smallest absolute Gasteiger partial charge is 0.270 e. The van der Waals surface area contributed by atoms with Crippen molar-refractivity contribution in [3.63, 3.8) is 0 Å². The van der Waals surface area contributed by atoms with Crippen molar-refractivity contribution >= 4 is 74.9 Å². The number of aryl methyl sites for hydroxylation is 1. The van der Waals surface area contributed by atoms with E-state index in [4.69, 9.17) is 33.3 Å². The predicted molar refractivity (Wildman–Crippen MR) is 160 cm³/mol. The van der Waals surface area contributed by atoms with Crippen LogP contribution < -0.4 is 24.6 Å². The fraction of sp³-hybridized carbons (Fsp3) is 0.179. The molecule has 0 saturated carbocycles. The molecule has 1 fully saturated rings. The van der Waals surface area contributed by atoms with Crippen LogP contribution in [0.1, 0.15) is 11.1 Å². The number of nitrogens with one attached hydrogen (secondary N) is 1. The molecule has 2 amide bonds. The van der Waals surface area contributed by atoms with E-state index in [9.17, 15) is 9.59 Å². The van der Waals surface area contributed by atoms with Gasteiger partial charge in [-0.15, -0.1) is 0 Å². The zero-order valence-corrected chi connectivity index (χ0v) is 23.7. The molecule has 38 heavy (non-hydrogen) atoms. The number of carbonyl (C=O) groups is 2. The molecule has 0 aromatic heterocycles. The fourth-order valence-corrected chi connectivity index (χ4v) is 5.13. The molecule has 4 rings (SSSR count). The van der Waals surface area contributed by atoms with E-state index in [0.29, 0.717) is 37.1 Å². The van der Waals surface area contributed by atoms with Crippen LogP contribution in [0.4, 0.5) is 17.1 Å². The molecule has 1 heterocycles. The molecule has 0 spiro atoms. The van der Waals surface area contributed by atoms with Crippen molar-refractivity contribution < 1.29 is 19.1 Å². The number of halogens is 1. The maximum atomic E-state index is 13.2. The molecule has 7 nitrogen and oxygen atoms in total. The number of anilines is 3. The van der Waals surface area contributed by atoms with Crippen LogP contribution in [-0.2, 0) is 9.59 Å². The Hall–Kier alpha value is -3.53. The molecule has 1 aliphatic heterocycles. The monoisotopic (exact) mass is 567 g/mol. The van der Waals surface area contributed by atoms with Gasteiger partial charge in [0.2, 0.25) is 0 Å². The van der Waals surface area contributed by atoms with Crippen molar-refractivity contribution in [3.05, 3.63) is 81.7 Å². The first-order valence-electron chi connectivity index (χ1n) is 11.6. The molecule has 0 radical (unpaired) electrons. The van der Waals surface area contributed by atoms with Crippen molar-refractivity contribution in [2.24, 2.45) is 0 Å². The SMILES string of the molecule is COc1cc(/C=C2\SC(=S)N(c3ccc(N(C)C)cc3)C2=O)ccc1OCC(=O)Nc1ccc(C)c(Cl)c1. The van der Waals surface area contributed by atoms with Crippen molar-refractivity contribution in [3.8, 4) is 11.5 Å². The van der Waals surface area contributed by atoms with Gasteiger partial charge in [-0.25, -0.2) is 0 Å². The van der Waals surface area contributed by atoms with Gasteiger partial charge in [0.25, 0.3) is 11.8 Å². The lowest BCUT2D eigenvalue weighted by Crippen LogP contribution is -2.27. The molecule has 0 aliphatic carbocycles. The van der Waals surface area contributed by atoms with Crippen LogP contribution >= 0.6 is 35.6 Å². The van der Waals surface area contributed by atoms with Gasteiger partial charge in [-0.3, -0.25) is 14.5 Å². The normalized spacial score (nSPS) is 14.1. The Kier molecular flexibility index (Phi) is 8.61. The van der Waals surface area contributed by atoms with Gasteiger partial charge in [-0.2, -0.15) is 0 Å². The molecule has 196 valence electrons. The van der Waals surface area contributed by atoms with Crippen molar-refractivity contribution in [1.82, 2.24) is 0 Å². The predicted octanol–water partition coefficient (Wildman–Crippen LogP) is 6.15. The van der Waals surface area contributed by atoms with Gasteiger partial charge in [-0.1, -0.05) is 47.7 Å². The summed E-state index contributed by atoms with van der Waals surface area (Å²) >= 11 is 12.9. The van der Waals surface area contributed by atoms with Crippen molar-refractivity contribution in [2.45, 2.75) is 6.92 Å². The van der Waals surface area contributed by atoms with Crippen LogP contribution in [-0.4, -0.2) is 43.9 Å². The molecular weight excluding hydrogens is 542 g/mol. The van der Waals surface area contributed by atoms with E-state index in [1.165, 1.54) is 23.8 Å². The largest absolute Gasteiger partial charge is 0.493 e. The summed E-state index contributed by atoms with van der Waals surface area (Å²) in [5.74, 6) is 0.304. The van der Waals surface area contributed by atoms with Gasteiger partial charge in [0.15, 0.2) is 22.4 Å². The van der Waals surface area contributed by atoms with Crippen LogP contribution in [0.15, 0.2) is 65.6 Å². The number of ether oxygens (including phenoxy) is 2. The van der Waals surface area contributed by atoms with Crippen molar-refractivity contribution in [2.75, 3.05) is 42.9 Å². The summed E-state index contributed by atoms with van der Waals surface area (Å²) in [6.45, 7) is 1.67. The zero-order chi connectivity index (χ0) is 27.4. The average molecular weight is 568 g/mol. The Balaban J connectivity index is 1.44. The first-order chi connectivity index (χ1) is 18.2. The number of thioether (sulfide) groups is 1. The highest BCUT2D eigenvalue weighted by Crippen LogP contribution is 2.37. The molecule has 0 unspecified atom stereocenters. The minimum absolute atomic E-state index is 0.190. The maximum absolute atomic E-state index is 13.2. The van der Waals surface area contributed by atoms with Gasteiger partial charge < -0.3 is 19.7 Å². The quantitative estimate of drug-likeness (QED) is 0.259. The molecule has 1 aliphatic rings. The maximum Gasteiger partial charge on any atom is 0.270 e. The van der Waals surface area contributed by atoms with Crippen LogP contribution in [0.3, 0.4) is 0 Å². The molecular formula is C28H26ClN3O4S2. The Morgan fingerprint density at radius 3 is 2.50 bits per heavy atom. The topological polar surface area (TPSA) is 71.1 Å². The van der Waals surface area contributed by atoms with E-state index < -0.39 is 0 Å². The number of hydrogen-bond donors (Lipinski definition) is 1. The molecule has 10 heteroatoms. The van der Waals surface area contributed by atoms with Crippen LogP contribution in [0, 0.1) is 6.92 Å². The molecule has 3 aromatic rings. The minimum atomic E-state index is -0.335. The van der Waals surface area contributed by atoms with Gasteiger partial charge in [0.1, 0.15) is 0 Å². The third-order valence-corrected chi connectivity index (χ3v) is 7.43. The highest BCUT2D eigenvalue weighted by molar-refractivity contribution is 8.27. The number of benzene rings is 3. The van der Waals surface area contributed by atoms with Gasteiger partial charge in [0.05, 0.1) is 17.7 Å². The summed E-state index contributed by atoms with van der Waals surface area (Å²) in [7, 11) is 5.42. The van der Waals surface area contributed by atoms with E-state index in [2.05, 4.69) is 5.32 Å². The number of rotatable bonds is 8. The average Bonchev–Trinajstić information content (AvgIpc) is 3.17. The lowest BCUT2D eigenvalue weighted by Gasteiger charge is -2.17. The Labute approximate surface area is 236 Å². The lowest BCUT2D eigenvalue weighted by molar-refractivity contribution is -0.118. The van der Waals surface area contributed by atoms with Gasteiger partial charge in [0, 0.05) is 30.5 Å². The first kappa shape index (κ1) is 27.5. The van der Waals surface area contributed by atoms with Crippen LogP contribution in [0.5, 0.6) is 11.5 Å². The van der Waals surface area contributed by atoms with Gasteiger partial charge in [-0.05, 0) is 72.7 Å². The van der Waals surface area contributed by atoms with Crippen LogP contribution in [0.25, 0.3) is 6.08 Å². The number of thiocarbonyl (C=S) groups is 1. The zero-order valence-electron chi connectivity index (χ0n) is 21.3. The minimum Gasteiger partial charge on any atom is -0.493 e.